The van der Waals surface area contributed by atoms with Crippen molar-refractivity contribution in [1.82, 2.24) is 10.2 Å². The molecule has 1 aliphatic heterocycles. The summed E-state index contributed by atoms with van der Waals surface area (Å²) in [6.07, 6.45) is 4.53. The number of nitrogens with zero attached hydrogens (tertiary/aromatic N) is 1. The number of likely N-dealkylation sites (N-methyl/N-ethyl adjacent to an activating group) is 1. The first-order valence-electron chi connectivity index (χ1n) is 8.90. The van der Waals surface area contributed by atoms with Gasteiger partial charge in [-0.3, -0.25) is 0 Å². The topological polar surface area (TPSA) is 41.6 Å². The lowest BCUT2D eigenvalue weighted by Gasteiger charge is -2.37. The standard InChI is InChI=1S/C19H30N2O2/c1-3-5-9-17-12-18(14-21(4-2)13-17)20-19(22)23-15-16-10-7-6-8-11-16/h6-8,10-11,17-18H,3-5,9,12-15H2,1-2H3,(H,20,22). The average Bonchev–Trinajstić information content (AvgIpc) is 2.59. The lowest BCUT2D eigenvalue weighted by Crippen LogP contribution is -2.50. The van der Waals surface area contributed by atoms with E-state index >= 15 is 0 Å². The van der Waals surface area contributed by atoms with Gasteiger partial charge in [0.25, 0.3) is 0 Å². The summed E-state index contributed by atoms with van der Waals surface area (Å²) < 4.78 is 5.35. The molecule has 128 valence electrons. The molecule has 1 saturated heterocycles. The third-order valence-electron chi connectivity index (χ3n) is 4.56. The van der Waals surface area contributed by atoms with Crippen molar-refractivity contribution in [2.45, 2.75) is 52.2 Å². The van der Waals surface area contributed by atoms with Crippen LogP contribution in [0.25, 0.3) is 0 Å². The van der Waals surface area contributed by atoms with E-state index in [1.54, 1.807) is 0 Å². The van der Waals surface area contributed by atoms with Crippen LogP contribution >= 0.6 is 0 Å². The Balaban J connectivity index is 1.78. The second kappa shape index (κ2) is 9.56. The summed E-state index contributed by atoms with van der Waals surface area (Å²) in [7, 11) is 0. The Morgan fingerprint density at radius 1 is 1.26 bits per heavy atom. The molecule has 2 unspecified atom stereocenters. The molecule has 0 radical (unpaired) electrons. The molecule has 0 saturated carbocycles. The number of carbonyl (C=O) groups excluding carboxylic acids is 1. The summed E-state index contributed by atoms with van der Waals surface area (Å²) in [5, 5.41) is 3.06. The van der Waals surface area contributed by atoms with Crippen LogP contribution in [0.1, 0.15) is 45.1 Å². The molecule has 0 aromatic heterocycles. The minimum Gasteiger partial charge on any atom is -0.445 e. The molecule has 1 aromatic carbocycles. The highest BCUT2D eigenvalue weighted by Gasteiger charge is 2.27. The molecule has 23 heavy (non-hydrogen) atoms. The Bertz CT molecular complexity index is 464. The predicted octanol–water partition coefficient (Wildman–Crippen LogP) is 3.81. The number of nitrogens with one attached hydrogen (secondary N) is 1. The van der Waals surface area contributed by atoms with E-state index in [9.17, 15) is 4.79 Å². The maximum absolute atomic E-state index is 12.0. The van der Waals surface area contributed by atoms with Gasteiger partial charge >= 0.3 is 6.09 Å². The number of rotatable bonds is 7. The van der Waals surface area contributed by atoms with Crippen LogP contribution in [0.2, 0.25) is 0 Å². The molecule has 1 heterocycles. The molecule has 1 N–H and O–H groups in total. The first-order valence-corrected chi connectivity index (χ1v) is 8.90. The summed E-state index contributed by atoms with van der Waals surface area (Å²) in [6, 6.07) is 10.0. The van der Waals surface area contributed by atoms with E-state index in [1.807, 2.05) is 30.3 Å². The second-order valence-electron chi connectivity index (χ2n) is 6.50. The number of benzene rings is 1. The molecule has 1 fully saturated rings. The number of alkyl carbamates (subject to hydrolysis) is 1. The van der Waals surface area contributed by atoms with Crippen LogP contribution in [0.5, 0.6) is 0 Å². The van der Waals surface area contributed by atoms with E-state index in [4.69, 9.17) is 4.74 Å². The fraction of sp³-hybridized carbons (Fsp3) is 0.632. The van der Waals surface area contributed by atoms with E-state index in [1.165, 1.54) is 19.3 Å². The van der Waals surface area contributed by atoms with Crippen molar-refractivity contribution in [1.29, 1.82) is 0 Å². The lowest BCUT2D eigenvalue weighted by molar-refractivity contribution is 0.110. The summed E-state index contributed by atoms with van der Waals surface area (Å²) in [4.78, 5) is 14.5. The minimum atomic E-state index is -0.300. The highest BCUT2D eigenvalue weighted by molar-refractivity contribution is 5.67. The van der Waals surface area contributed by atoms with E-state index in [0.717, 1.165) is 31.6 Å². The molecule has 4 nitrogen and oxygen atoms in total. The zero-order valence-electron chi connectivity index (χ0n) is 14.5. The Hall–Kier alpha value is -1.55. The summed E-state index contributed by atoms with van der Waals surface area (Å²) in [5.74, 6) is 0.683. The maximum atomic E-state index is 12.0. The number of ether oxygens (including phenoxy) is 1. The van der Waals surface area contributed by atoms with Crippen LogP contribution < -0.4 is 5.32 Å². The van der Waals surface area contributed by atoms with Crippen molar-refractivity contribution < 1.29 is 9.53 Å². The number of piperidine rings is 1. The van der Waals surface area contributed by atoms with Gasteiger partial charge in [-0.15, -0.1) is 0 Å². The molecule has 0 spiro atoms. The SMILES string of the molecule is CCCCC1CC(NC(=O)OCc2ccccc2)CN(CC)C1. The third-order valence-corrected chi connectivity index (χ3v) is 4.56. The van der Waals surface area contributed by atoms with E-state index in [0.29, 0.717) is 12.5 Å². The molecule has 2 rings (SSSR count). The molecule has 4 heteroatoms. The van der Waals surface area contributed by atoms with Crippen LogP contribution in [0, 0.1) is 5.92 Å². The zero-order valence-corrected chi connectivity index (χ0v) is 14.5. The number of likely N-dealkylation sites (tertiary alicyclic amines) is 1. The minimum absolute atomic E-state index is 0.203. The summed E-state index contributed by atoms with van der Waals surface area (Å²) >= 11 is 0. The Morgan fingerprint density at radius 3 is 2.74 bits per heavy atom. The monoisotopic (exact) mass is 318 g/mol. The van der Waals surface area contributed by atoms with E-state index in [-0.39, 0.29) is 12.1 Å². The van der Waals surface area contributed by atoms with Crippen molar-refractivity contribution in [2.75, 3.05) is 19.6 Å². The van der Waals surface area contributed by atoms with Crippen molar-refractivity contribution in [2.24, 2.45) is 5.92 Å². The largest absolute Gasteiger partial charge is 0.445 e. The van der Waals surface area contributed by atoms with Crippen molar-refractivity contribution in [3.8, 4) is 0 Å². The molecule has 0 bridgehead atoms. The van der Waals surface area contributed by atoms with E-state index in [2.05, 4.69) is 24.1 Å². The van der Waals surface area contributed by atoms with Gasteiger partial charge in [0.15, 0.2) is 0 Å². The molecule has 1 aromatic rings. The number of hydrogen-bond acceptors (Lipinski definition) is 3. The summed E-state index contributed by atoms with van der Waals surface area (Å²) in [6.45, 7) is 7.88. The Labute approximate surface area is 140 Å². The van der Waals surface area contributed by atoms with E-state index < -0.39 is 0 Å². The Morgan fingerprint density at radius 2 is 2.04 bits per heavy atom. The normalized spacial score (nSPS) is 21.8. The number of amides is 1. The van der Waals surface area contributed by atoms with Crippen molar-refractivity contribution in [3.05, 3.63) is 35.9 Å². The van der Waals surface area contributed by atoms with Crippen LogP contribution in [-0.4, -0.2) is 36.7 Å². The van der Waals surface area contributed by atoms with Gasteiger partial charge in [-0.25, -0.2) is 4.79 Å². The first-order chi connectivity index (χ1) is 11.2. The van der Waals surface area contributed by atoms with Gasteiger partial charge in [-0.05, 0) is 30.9 Å². The molecular weight excluding hydrogens is 288 g/mol. The fourth-order valence-electron chi connectivity index (χ4n) is 3.30. The van der Waals surface area contributed by atoms with Gasteiger partial charge < -0.3 is 15.0 Å². The molecule has 0 aliphatic carbocycles. The van der Waals surface area contributed by atoms with Crippen LogP contribution in [0.4, 0.5) is 4.79 Å². The van der Waals surface area contributed by atoms with Crippen molar-refractivity contribution >= 4 is 6.09 Å². The zero-order chi connectivity index (χ0) is 16.5. The van der Waals surface area contributed by atoms with Gasteiger partial charge in [-0.2, -0.15) is 0 Å². The molecule has 2 atom stereocenters. The average molecular weight is 318 g/mol. The Kier molecular flexibility index (Phi) is 7.40. The van der Waals surface area contributed by atoms with Gasteiger partial charge in [0, 0.05) is 19.1 Å². The molecular formula is C19H30N2O2. The summed E-state index contributed by atoms with van der Waals surface area (Å²) in [5.41, 5.74) is 1.02. The second-order valence-corrected chi connectivity index (χ2v) is 6.50. The molecule has 1 amide bonds. The van der Waals surface area contributed by atoms with Gasteiger partial charge in [0.05, 0.1) is 0 Å². The van der Waals surface area contributed by atoms with Crippen LogP contribution in [0.3, 0.4) is 0 Å². The highest BCUT2D eigenvalue weighted by Crippen LogP contribution is 2.22. The third kappa shape index (κ3) is 6.22. The maximum Gasteiger partial charge on any atom is 0.407 e. The van der Waals surface area contributed by atoms with Gasteiger partial charge in [0.1, 0.15) is 6.61 Å². The predicted molar refractivity (Wildman–Crippen MR) is 93.3 cm³/mol. The van der Waals surface area contributed by atoms with Crippen LogP contribution in [-0.2, 0) is 11.3 Å². The quantitative estimate of drug-likeness (QED) is 0.831. The smallest absolute Gasteiger partial charge is 0.407 e. The number of unbranched alkanes of at least 4 members (excludes halogenated alkanes) is 1. The fourth-order valence-corrected chi connectivity index (χ4v) is 3.30. The number of carbonyl (C=O) groups is 1. The number of hydrogen-bond donors (Lipinski definition) is 1. The first kappa shape index (κ1) is 17.8. The van der Waals surface area contributed by atoms with Crippen LogP contribution in [0.15, 0.2) is 30.3 Å². The van der Waals surface area contributed by atoms with Gasteiger partial charge in [-0.1, -0.05) is 57.0 Å². The lowest BCUT2D eigenvalue weighted by atomic mass is 9.90. The van der Waals surface area contributed by atoms with Gasteiger partial charge in [0.2, 0.25) is 0 Å². The van der Waals surface area contributed by atoms with Crippen molar-refractivity contribution in [3.63, 3.8) is 0 Å². The molecule has 1 aliphatic rings. The highest BCUT2D eigenvalue weighted by atomic mass is 16.5.